The van der Waals surface area contributed by atoms with E-state index in [0.29, 0.717) is 13.1 Å². The van der Waals surface area contributed by atoms with Crippen LogP contribution in [0.25, 0.3) is 21.6 Å². The van der Waals surface area contributed by atoms with Crippen LogP contribution in [0, 0.1) is 0 Å². The van der Waals surface area contributed by atoms with Gasteiger partial charge in [0, 0.05) is 24.5 Å². The molecule has 1 N–H and O–H groups in total. The molecule has 1 aliphatic heterocycles. The fourth-order valence-corrected chi connectivity index (χ4v) is 4.76. The van der Waals surface area contributed by atoms with E-state index in [4.69, 9.17) is 4.98 Å². The van der Waals surface area contributed by atoms with Crippen molar-refractivity contribution in [2.75, 3.05) is 24.7 Å². The van der Waals surface area contributed by atoms with Crippen LogP contribution in [0.2, 0.25) is 0 Å². The van der Waals surface area contributed by atoms with Crippen molar-refractivity contribution in [3.8, 4) is 10.7 Å². The van der Waals surface area contributed by atoms with Gasteiger partial charge in [-0.25, -0.2) is 22.7 Å². The molecule has 0 atom stereocenters. The normalized spacial score (nSPS) is 16.8. The van der Waals surface area contributed by atoms with Crippen LogP contribution in [-0.4, -0.2) is 48.1 Å². The molecule has 0 amide bonds. The summed E-state index contributed by atoms with van der Waals surface area (Å²) in [6, 6.07) is 12.2. The van der Waals surface area contributed by atoms with Crippen LogP contribution in [0.5, 0.6) is 0 Å². The number of para-hydroxylation sites is 1. The molecule has 26 heavy (non-hydrogen) atoms. The van der Waals surface area contributed by atoms with Crippen molar-refractivity contribution < 1.29 is 8.42 Å². The van der Waals surface area contributed by atoms with E-state index in [0.717, 1.165) is 40.3 Å². The summed E-state index contributed by atoms with van der Waals surface area (Å²) in [7, 11) is -3.11. The Hall–Kier alpha value is -2.03. The molecule has 3 heterocycles. The van der Waals surface area contributed by atoms with Gasteiger partial charge in [-0.15, -0.1) is 11.3 Å². The van der Waals surface area contributed by atoms with Crippen molar-refractivity contribution in [1.29, 1.82) is 0 Å². The van der Waals surface area contributed by atoms with Crippen LogP contribution in [-0.2, 0) is 10.0 Å². The van der Waals surface area contributed by atoms with Gasteiger partial charge in [-0.05, 0) is 36.4 Å². The number of nitrogens with one attached hydrogen (secondary N) is 1. The molecule has 8 heteroatoms. The zero-order valence-corrected chi connectivity index (χ0v) is 16.1. The SMILES string of the molecule is CS(=O)(=O)N1CCC(Nc2nc(-c3cccs3)nc3ccccc23)CC1. The van der Waals surface area contributed by atoms with E-state index in [9.17, 15) is 8.42 Å². The third kappa shape index (κ3) is 3.58. The second-order valence-electron chi connectivity index (χ2n) is 6.47. The highest BCUT2D eigenvalue weighted by atomic mass is 32.2. The zero-order chi connectivity index (χ0) is 18.1. The quantitative estimate of drug-likeness (QED) is 0.743. The Morgan fingerprint density at radius 3 is 2.58 bits per heavy atom. The topological polar surface area (TPSA) is 75.2 Å². The maximum absolute atomic E-state index is 11.7. The van der Waals surface area contributed by atoms with E-state index in [-0.39, 0.29) is 6.04 Å². The van der Waals surface area contributed by atoms with Crippen molar-refractivity contribution in [2.45, 2.75) is 18.9 Å². The minimum absolute atomic E-state index is 0.197. The molecule has 1 aliphatic rings. The van der Waals surface area contributed by atoms with Crippen LogP contribution < -0.4 is 5.32 Å². The third-order valence-corrected chi connectivity index (χ3v) is 6.78. The van der Waals surface area contributed by atoms with Crippen molar-refractivity contribution in [3.63, 3.8) is 0 Å². The molecule has 0 saturated carbocycles. The van der Waals surface area contributed by atoms with E-state index in [1.165, 1.54) is 6.26 Å². The van der Waals surface area contributed by atoms with Gasteiger partial charge in [-0.3, -0.25) is 0 Å². The van der Waals surface area contributed by atoms with Crippen LogP contribution in [0.1, 0.15) is 12.8 Å². The van der Waals surface area contributed by atoms with Gasteiger partial charge in [0.25, 0.3) is 0 Å². The molecule has 4 rings (SSSR count). The first-order chi connectivity index (χ1) is 12.5. The maximum atomic E-state index is 11.7. The van der Waals surface area contributed by atoms with E-state index in [1.54, 1.807) is 15.6 Å². The number of hydrogen-bond donors (Lipinski definition) is 1. The number of thiophene rings is 1. The van der Waals surface area contributed by atoms with Crippen molar-refractivity contribution in [2.24, 2.45) is 0 Å². The summed E-state index contributed by atoms with van der Waals surface area (Å²) in [5.41, 5.74) is 0.905. The number of fused-ring (bicyclic) bond motifs is 1. The van der Waals surface area contributed by atoms with Gasteiger partial charge in [0.05, 0.1) is 16.6 Å². The Labute approximate surface area is 157 Å². The summed E-state index contributed by atoms with van der Waals surface area (Å²) in [6.07, 6.45) is 2.80. The summed E-state index contributed by atoms with van der Waals surface area (Å²) in [4.78, 5) is 10.5. The summed E-state index contributed by atoms with van der Waals surface area (Å²) >= 11 is 1.62. The molecule has 0 radical (unpaired) electrons. The first kappa shape index (κ1) is 17.4. The van der Waals surface area contributed by atoms with Crippen LogP contribution >= 0.6 is 11.3 Å². The Kier molecular flexibility index (Phi) is 4.64. The van der Waals surface area contributed by atoms with Crippen LogP contribution in [0.4, 0.5) is 5.82 Å². The van der Waals surface area contributed by atoms with Gasteiger partial charge >= 0.3 is 0 Å². The number of nitrogens with zero attached hydrogens (tertiary/aromatic N) is 3. The zero-order valence-electron chi connectivity index (χ0n) is 14.4. The molecule has 0 bridgehead atoms. The fourth-order valence-electron chi connectivity index (χ4n) is 3.23. The number of piperidine rings is 1. The molecular formula is C18H20N4O2S2. The molecule has 0 spiro atoms. The molecule has 1 fully saturated rings. The summed E-state index contributed by atoms with van der Waals surface area (Å²) < 4.78 is 24.9. The predicted octanol–water partition coefficient (Wildman–Crippen LogP) is 3.19. The molecule has 3 aromatic rings. The van der Waals surface area contributed by atoms with Crippen molar-refractivity contribution >= 4 is 38.1 Å². The Bertz CT molecular complexity index is 1010. The summed E-state index contributed by atoms with van der Waals surface area (Å²) in [5.74, 6) is 1.53. The Balaban J connectivity index is 1.62. The highest BCUT2D eigenvalue weighted by Crippen LogP contribution is 2.28. The standard InChI is InChI=1S/C18H20N4O2S2/c1-26(23,24)22-10-8-13(9-11-22)19-17-14-5-2-3-6-15(14)20-18(21-17)16-7-4-12-25-16/h2-7,12-13H,8-11H2,1H3,(H,19,20,21). The first-order valence-corrected chi connectivity index (χ1v) is 11.3. The van der Waals surface area contributed by atoms with Gasteiger partial charge in [0.15, 0.2) is 5.82 Å². The molecule has 6 nitrogen and oxygen atoms in total. The number of anilines is 1. The molecule has 1 saturated heterocycles. The lowest BCUT2D eigenvalue weighted by molar-refractivity contribution is 0.331. The van der Waals surface area contributed by atoms with Crippen LogP contribution in [0.15, 0.2) is 41.8 Å². The second kappa shape index (κ2) is 6.94. The smallest absolute Gasteiger partial charge is 0.211 e. The second-order valence-corrected chi connectivity index (χ2v) is 9.40. The lowest BCUT2D eigenvalue weighted by Gasteiger charge is -2.31. The Morgan fingerprint density at radius 1 is 1.12 bits per heavy atom. The highest BCUT2D eigenvalue weighted by molar-refractivity contribution is 7.88. The molecule has 0 aliphatic carbocycles. The lowest BCUT2D eigenvalue weighted by atomic mass is 10.1. The van der Waals surface area contributed by atoms with E-state index >= 15 is 0 Å². The average Bonchev–Trinajstić information content (AvgIpc) is 3.16. The number of sulfonamides is 1. The highest BCUT2D eigenvalue weighted by Gasteiger charge is 2.25. The molecule has 136 valence electrons. The number of aromatic nitrogens is 2. The maximum Gasteiger partial charge on any atom is 0.211 e. The van der Waals surface area contributed by atoms with Gasteiger partial charge in [0.1, 0.15) is 5.82 Å². The lowest BCUT2D eigenvalue weighted by Crippen LogP contribution is -2.41. The van der Waals surface area contributed by atoms with Gasteiger partial charge in [-0.1, -0.05) is 18.2 Å². The first-order valence-electron chi connectivity index (χ1n) is 8.53. The molecule has 2 aromatic heterocycles. The largest absolute Gasteiger partial charge is 0.367 e. The average molecular weight is 389 g/mol. The monoisotopic (exact) mass is 388 g/mol. The minimum Gasteiger partial charge on any atom is -0.367 e. The molecule has 1 aromatic carbocycles. The van der Waals surface area contributed by atoms with E-state index in [1.807, 2.05) is 41.8 Å². The predicted molar refractivity (Wildman–Crippen MR) is 106 cm³/mol. The molecular weight excluding hydrogens is 368 g/mol. The summed E-state index contributed by atoms with van der Waals surface area (Å²) in [6.45, 7) is 1.08. The van der Waals surface area contributed by atoms with Crippen LogP contribution in [0.3, 0.4) is 0 Å². The fraction of sp³-hybridized carbons (Fsp3) is 0.333. The van der Waals surface area contributed by atoms with Crippen molar-refractivity contribution in [3.05, 3.63) is 41.8 Å². The minimum atomic E-state index is -3.11. The number of benzene rings is 1. The number of hydrogen-bond acceptors (Lipinski definition) is 6. The number of rotatable bonds is 4. The van der Waals surface area contributed by atoms with Crippen molar-refractivity contribution in [1.82, 2.24) is 14.3 Å². The van der Waals surface area contributed by atoms with Gasteiger partial charge in [-0.2, -0.15) is 0 Å². The van der Waals surface area contributed by atoms with Gasteiger partial charge < -0.3 is 5.32 Å². The van der Waals surface area contributed by atoms with E-state index in [2.05, 4.69) is 10.3 Å². The van der Waals surface area contributed by atoms with E-state index < -0.39 is 10.0 Å². The third-order valence-electron chi connectivity index (χ3n) is 4.61. The Morgan fingerprint density at radius 2 is 1.88 bits per heavy atom. The molecule has 0 unspecified atom stereocenters. The van der Waals surface area contributed by atoms with Gasteiger partial charge in [0.2, 0.25) is 10.0 Å². The summed E-state index contributed by atoms with van der Waals surface area (Å²) in [5, 5.41) is 6.53.